The van der Waals surface area contributed by atoms with Crippen LogP contribution in [0, 0.1) is 0 Å². The summed E-state index contributed by atoms with van der Waals surface area (Å²) in [6, 6.07) is 5.29. The third kappa shape index (κ3) is 3.13. The van der Waals surface area contributed by atoms with Crippen molar-refractivity contribution in [2.75, 3.05) is 13.2 Å². The first kappa shape index (κ1) is 15.0. The summed E-state index contributed by atoms with van der Waals surface area (Å²) in [5.74, 6) is -0.441. The summed E-state index contributed by atoms with van der Waals surface area (Å²) in [5.41, 5.74) is 1.16. The predicted octanol–water partition coefficient (Wildman–Crippen LogP) is 2.80. The van der Waals surface area contributed by atoms with E-state index in [0.717, 1.165) is 30.1 Å². The van der Waals surface area contributed by atoms with Crippen molar-refractivity contribution in [2.45, 2.75) is 26.4 Å². The van der Waals surface area contributed by atoms with Gasteiger partial charge in [-0.2, -0.15) is 0 Å². The van der Waals surface area contributed by atoms with Gasteiger partial charge in [-0.1, -0.05) is 19.1 Å². The normalized spacial score (nSPS) is 15.0. The van der Waals surface area contributed by atoms with Gasteiger partial charge in [0.2, 0.25) is 0 Å². The van der Waals surface area contributed by atoms with Gasteiger partial charge in [-0.05, 0) is 12.5 Å². The van der Waals surface area contributed by atoms with Crippen LogP contribution in [0.5, 0.6) is 5.75 Å². The zero-order chi connectivity index (χ0) is 15.5. The predicted molar refractivity (Wildman–Crippen MR) is 84.5 cm³/mol. The van der Waals surface area contributed by atoms with Crippen LogP contribution in [0.15, 0.2) is 24.4 Å². The molecule has 0 aliphatic carbocycles. The molecule has 0 atom stereocenters. The van der Waals surface area contributed by atoms with Crippen LogP contribution >= 0.6 is 11.3 Å². The lowest BCUT2D eigenvalue weighted by Gasteiger charge is -2.17. The largest absolute Gasteiger partial charge is 0.491 e. The molecule has 6 heteroatoms. The van der Waals surface area contributed by atoms with Gasteiger partial charge in [0, 0.05) is 29.7 Å². The Balaban J connectivity index is 1.79. The van der Waals surface area contributed by atoms with Crippen molar-refractivity contribution in [3.05, 3.63) is 45.4 Å². The molecule has 0 saturated carbocycles. The van der Waals surface area contributed by atoms with Gasteiger partial charge in [-0.15, -0.1) is 11.3 Å². The van der Waals surface area contributed by atoms with E-state index in [0.29, 0.717) is 18.9 Å². The van der Waals surface area contributed by atoms with E-state index in [2.05, 4.69) is 16.8 Å². The number of carbonyl (C=O) groups is 1. The van der Waals surface area contributed by atoms with Gasteiger partial charge in [-0.25, -0.2) is 9.78 Å². The third-order valence-corrected chi connectivity index (χ3v) is 4.81. The number of fused-ring (bicyclic) bond motifs is 1. The van der Waals surface area contributed by atoms with E-state index in [1.165, 1.54) is 4.88 Å². The number of carboxylic acid groups (broad SMARTS) is 1. The highest BCUT2D eigenvalue weighted by atomic mass is 32.1. The Morgan fingerprint density at radius 2 is 2.36 bits per heavy atom. The Morgan fingerprint density at radius 3 is 3.09 bits per heavy atom. The average Bonchev–Trinajstić information content (AvgIpc) is 2.85. The molecule has 0 saturated heterocycles. The summed E-state index contributed by atoms with van der Waals surface area (Å²) in [6.07, 6.45) is 2.94. The van der Waals surface area contributed by atoms with Crippen molar-refractivity contribution in [3.63, 3.8) is 0 Å². The zero-order valence-corrected chi connectivity index (χ0v) is 13.2. The van der Waals surface area contributed by atoms with E-state index in [9.17, 15) is 9.90 Å². The zero-order valence-electron chi connectivity index (χ0n) is 12.4. The van der Waals surface area contributed by atoms with Crippen molar-refractivity contribution in [1.29, 1.82) is 0 Å². The first-order chi connectivity index (χ1) is 10.7. The molecule has 116 valence electrons. The number of thiazole rings is 1. The third-order valence-electron chi connectivity index (χ3n) is 3.68. The minimum Gasteiger partial charge on any atom is -0.491 e. The maximum atomic E-state index is 11.3. The van der Waals surface area contributed by atoms with Crippen molar-refractivity contribution in [2.24, 2.45) is 0 Å². The molecule has 22 heavy (non-hydrogen) atoms. The van der Waals surface area contributed by atoms with Crippen LogP contribution in [0.3, 0.4) is 0 Å². The molecule has 2 aromatic rings. The monoisotopic (exact) mass is 318 g/mol. The lowest BCUT2D eigenvalue weighted by molar-refractivity contribution is 0.0692. The van der Waals surface area contributed by atoms with Gasteiger partial charge in [0.15, 0.2) is 0 Å². The molecule has 0 fully saturated rings. The fraction of sp³-hybridized carbons (Fsp3) is 0.375. The smallest absolute Gasteiger partial charge is 0.339 e. The van der Waals surface area contributed by atoms with Gasteiger partial charge in [-0.3, -0.25) is 4.90 Å². The Hall–Kier alpha value is -1.92. The quantitative estimate of drug-likeness (QED) is 0.939. The minimum atomic E-state index is -0.946. The lowest BCUT2D eigenvalue weighted by atomic mass is 10.1. The number of ether oxygens (including phenoxy) is 1. The summed E-state index contributed by atoms with van der Waals surface area (Å²) in [7, 11) is 0. The summed E-state index contributed by atoms with van der Waals surface area (Å²) in [5, 5.41) is 10.4. The van der Waals surface area contributed by atoms with Crippen LogP contribution in [0.1, 0.15) is 32.7 Å². The van der Waals surface area contributed by atoms with Crippen molar-refractivity contribution in [3.8, 4) is 5.75 Å². The highest BCUT2D eigenvalue weighted by Crippen LogP contribution is 2.28. The second kappa shape index (κ2) is 6.46. The molecule has 0 radical (unpaired) electrons. The molecule has 3 rings (SSSR count). The van der Waals surface area contributed by atoms with Gasteiger partial charge in [0.1, 0.15) is 22.9 Å². The standard InChI is InChI=1S/C16H18N2O3S/c1-2-12-8-17-14(22-12)10-18-6-7-21-15-11(9-18)4-3-5-13(15)16(19)20/h3-5,8H,2,6-7,9-10H2,1H3,(H,19,20). The van der Waals surface area contributed by atoms with Gasteiger partial charge >= 0.3 is 5.97 Å². The van der Waals surface area contributed by atoms with Crippen LogP contribution in [0.25, 0.3) is 0 Å². The fourth-order valence-electron chi connectivity index (χ4n) is 2.56. The second-order valence-corrected chi connectivity index (χ2v) is 6.43. The number of nitrogens with zero attached hydrogens (tertiary/aromatic N) is 2. The van der Waals surface area contributed by atoms with E-state index >= 15 is 0 Å². The van der Waals surface area contributed by atoms with Crippen molar-refractivity contribution >= 4 is 17.3 Å². The molecule has 0 unspecified atom stereocenters. The van der Waals surface area contributed by atoms with Crippen LogP contribution in [0.4, 0.5) is 0 Å². The molecule has 0 amide bonds. The number of hydrogen-bond donors (Lipinski definition) is 1. The van der Waals surface area contributed by atoms with Gasteiger partial charge in [0.25, 0.3) is 0 Å². The van der Waals surface area contributed by atoms with Gasteiger partial charge in [0.05, 0.1) is 6.54 Å². The number of benzene rings is 1. The van der Waals surface area contributed by atoms with E-state index in [1.807, 2.05) is 12.3 Å². The van der Waals surface area contributed by atoms with E-state index in [1.54, 1.807) is 23.5 Å². The number of para-hydroxylation sites is 1. The van der Waals surface area contributed by atoms with Crippen molar-refractivity contribution < 1.29 is 14.6 Å². The molecule has 1 aliphatic heterocycles. The SMILES string of the molecule is CCc1cnc(CN2CCOc3c(cccc3C(=O)O)C2)s1. The molecular weight excluding hydrogens is 300 g/mol. The Bertz CT molecular complexity index is 684. The topological polar surface area (TPSA) is 62.7 Å². The molecule has 1 aromatic heterocycles. The molecule has 1 aromatic carbocycles. The highest BCUT2D eigenvalue weighted by molar-refractivity contribution is 7.11. The molecule has 1 aliphatic rings. The number of aryl methyl sites for hydroxylation is 1. The minimum absolute atomic E-state index is 0.238. The number of aromatic carboxylic acids is 1. The van der Waals surface area contributed by atoms with Crippen LogP contribution in [0.2, 0.25) is 0 Å². The molecule has 5 nitrogen and oxygen atoms in total. The maximum absolute atomic E-state index is 11.3. The molecule has 2 heterocycles. The highest BCUT2D eigenvalue weighted by Gasteiger charge is 2.21. The van der Waals surface area contributed by atoms with Crippen LogP contribution < -0.4 is 4.74 Å². The van der Waals surface area contributed by atoms with Crippen LogP contribution in [-0.4, -0.2) is 34.1 Å². The molecular formula is C16H18N2O3S. The molecule has 0 spiro atoms. The Labute approximate surface area is 133 Å². The van der Waals surface area contributed by atoms with Crippen molar-refractivity contribution in [1.82, 2.24) is 9.88 Å². The average molecular weight is 318 g/mol. The summed E-state index contributed by atoms with van der Waals surface area (Å²) < 4.78 is 5.70. The number of rotatable bonds is 4. The van der Waals surface area contributed by atoms with E-state index in [-0.39, 0.29) is 5.56 Å². The molecule has 0 bridgehead atoms. The van der Waals surface area contributed by atoms with E-state index in [4.69, 9.17) is 4.74 Å². The summed E-state index contributed by atoms with van der Waals surface area (Å²) in [6.45, 7) is 4.82. The van der Waals surface area contributed by atoms with E-state index < -0.39 is 5.97 Å². The lowest BCUT2D eigenvalue weighted by Crippen LogP contribution is -2.25. The summed E-state index contributed by atoms with van der Waals surface area (Å²) in [4.78, 5) is 19.3. The Morgan fingerprint density at radius 1 is 1.50 bits per heavy atom. The fourth-order valence-corrected chi connectivity index (χ4v) is 3.46. The maximum Gasteiger partial charge on any atom is 0.339 e. The van der Waals surface area contributed by atoms with Gasteiger partial charge < -0.3 is 9.84 Å². The summed E-state index contributed by atoms with van der Waals surface area (Å²) >= 11 is 1.73. The first-order valence-corrected chi connectivity index (χ1v) is 8.13. The molecule has 1 N–H and O–H groups in total. The second-order valence-electron chi connectivity index (χ2n) is 5.23. The Kier molecular flexibility index (Phi) is 4.40. The number of aromatic nitrogens is 1. The first-order valence-electron chi connectivity index (χ1n) is 7.31. The number of carboxylic acids is 1. The van der Waals surface area contributed by atoms with Crippen LogP contribution in [-0.2, 0) is 19.5 Å². The number of hydrogen-bond acceptors (Lipinski definition) is 5.